The monoisotopic (exact) mass is 278 g/mol. The Kier molecular flexibility index (Phi) is 5.84. The van der Waals surface area contributed by atoms with Gasteiger partial charge in [0.2, 0.25) is 0 Å². The number of carboxylic acids is 1. The zero-order chi connectivity index (χ0) is 14.6. The molecular weight excluding hydrogens is 252 g/mol. The number of carbonyl (C=O) groups is 1. The van der Waals surface area contributed by atoms with Gasteiger partial charge in [-0.25, -0.2) is 0 Å². The second-order valence-corrected chi connectivity index (χ2v) is 8.04. The van der Waals surface area contributed by atoms with Crippen molar-refractivity contribution >= 4 is 21.0 Å². The van der Waals surface area contributed by atoms with Gasteiger partial charge in [0.15, 0.2) is 0 Å². The molecule has 0 rings (SSSR count). The van der Waals surface area contributed by atoms with Crippen LogP contribution in [0.2, 0.25) is 0 Å². The first-order valence-electron chi connectivity index (χ1n) is 6.11. The fraction of sp³-hybridized carbons (Fsp3) is 0.833. The van der Waals surface area contributed by atoms with Crippen molar-refractivity contribution in [2.75, 3.05) is 5.75 Å². The van der Waals surface area contributed by atoms with E-state index in [0.29, 0.717) is 5.75 Å². The largest absolute Gasteiger partial charge is 0.480 e. The second kappa shape index (κ2) is 6.04. The third-order valence-electron chi connectivity index (χ3n) is 3.22. The van der Waals surface area contributed by atoms with Crippen molar-refractivity contribution in [1.82, 2.24) is 0 Å². The minimum atomic E-state index is -2.59. The normalized spacial score (nSPS) is 18.8. The molecular formula is C12H26N2O3S. The smallest absolute Gasteiger partial charge is 0.324 e. The lowest BCUT2D eigenvalue weighted by molar-refractivity contribution is -0.147. The lowest BCUT2D eigenvalue weighted by Gasteiger charge is -2.37. The van der Waals surface area contributed by atoms with Crippen LogP contribution < -0.4 is 10.9 Å². The van der Waals surface area contributed by atoms with Crippen LogP contribution in [0.3, 0.4) is 0 Å². The molecule has 0 fully saturated rings. The second-order valence-electron chi connectivity index (χ2n) is 5.73. The van der Waals surface area contributed by atoms with Gasteiger partial charge in [-0.05, 0) is 17.2 Å². The predicted molar refractivity (Wildman–Crippen MR) is 76.8 cm³/mol. The lowest BCUT2D eigenvalue weighted by Crippen LogP contribution is -2.58. The van der Waals surface area contributed by atoms with Gasteiger partial charge in [0.1, 0.15) is 5.54 Å². The van der Waals surface area contributed by atoms with Crippen LogP contribution in [0.25, 0.3) is 0 Å². The summed E-state index contributed by atoms with van der Waals surface area (Å²) in [5, 5.41) is 16.3. The maximum absolute atomic E-state index is 12.0. The third kappa shape index (κ3) is 4.59. The predicted octanol–water partition coefficient (Wildman–Crippen LogP) is 0.965. The van der Waals surface area contributed by atoms with Gasteiger partial charge in [0, 0.05) is 21.9 Å². The molecule has 0 aromatic heterocycles. The summed E-state index contributed by atoms with van der Waals surface area (Å²) in [5.41, 5.74) is 3.84. The Labute approximate surface area is 110 Å². The maximum Gasteiger partial charge on any atom is 0.324 e. The number of carboxylic acid groups (broad SMARTS) is 1. The van der Waals surface area contributed by atoms with Gasteiger partial charge < -0.3 is 10.8 Å². The van der Waals surface area contributed by atoms with Crippen LogP contribution in [0.5, 0.6) is 0 Å². The highest BCUT2D eigenvalue weighted by atomic mass is 32.2. The summed E-state index contributed by atoms with van der Waals surface area (Å²) in [5.74, 6) is -0.722. The number of nitrogens with two attached hydrogens (primary N) is 2. The summed E-state index contributed by atoms with van der Waals surface area (Å²) in [4.78, 5) is 11.3. The summed E-state index contributed by atoms with van der Waals surface area (Å²) in [7, 11) is -2.59. The van der Waals surface area contributed by atoms with Crippen molar-refractivity contribution in [3.63, 3.8) is 0 Å². The van der Waals surface area contributed by atoms with Crippen LogP contribution in [0.4, 0.5) is 0 Å². The van der Waals surface area contributed by atoms with Gasteiger partial charge >= 0.3 is 5.97 Å². The number of hydrogen-bond acceptors (Lipinski definition) is 3. The van der Waals surface area contributed by atoms with Crippen LogP contribution in [-0.2, 0) is 14.5 Å². The minimum Gasteiger partial charge on any atom is -0.480 e. The molecule has 0 radical (unpaired) electrons. The Morgan fingerprint density at radius 3 is 2.22 bits per heavy atom. The van der Waals surface area contributed by atoms with E-state index in [1.807, 2.05) is 6.92 Å². The molecule has 2 atom stereocenters. The van der Waals surface area contributed by atoms with E-state index in [2.05, 4.69) is 0 Å². The molecule has 108 valence electrons. The molecule has 0 bridgehead atoms. The molecule has 5 nitrogen and oxygen atoms in total. The summed E-state index contributed by atoms with van der Waals surface area (Å²) >= 11 is 0. The Bertz CT molecular complexity index is 406. The van der Waals surface area contributed by atoms with Gasteiger partial charge in [-0.2, -0.15) is 0 Å². The molecule has 5 N–H and O–H groups in total. The molecule has 0 aromatic rings. The first-order valence-corrected chi connectivity index (χ1v) is 7.97. The molecule has 0 spiro atoms. The molecule has 0 aliphatic rings. The van der Waals surface area contributed by atoms with Crippen molar-refractivity contribution in [2.45, 2.75) is 52.5 Å². The van der Waals surface area contributed by atoms with Crippen LogP contribution in [-0.4, -0.2) is 31.9 Å². The van der Waals surface area contributed by atoms with Gasteiger partial charge in [-0.15, -0.1) is 0 Å². The first kappa shape index (κ1) is 17.4. The number of hydrogen-bond donors (Lipinski definition) is 3. The molecule has 6 heteroatoms. The summed E-state index contributed by atoms with van der Waals surface area (Å²) in [6, 6.07) is 0. The topological polar surface area (TPSA) is 106 Å². The minimum absolute atomic E-state index is 0.00484. The van der Waals surface area contributed by atoms with Crippen LogP contribution in [0, 0.1) is 5.41 Å². The van der Waals surface area contributed by atoms with E-state index in [4.69, 9.17) is 10.9 Å². The first-order chi connectivity index (χ1) is 7.96. The number of unbranched alkanes of at least 4 members (excludes halogenated alkanes) is 1. The van der Waals surface area contributed by atoms with Gasteiger partial charge in [-0.1, -0.05) is 34.1 Å². The van der Waals surface area contributed by atoms with Crippen molar-refractivity contribution in [1.29, 1.82) is 0 Å². The van der Waals surface area contributed by atoms with E-state index in [9.17, 15) is 14.1 Å². The van der Waals surface area contributed by atoms with Gasteiger partial charge in [-0.3, -0.25) is 14.1 Å². The molecule has 18 heavy (non-hydrogen) atoms. The standard InChI is InChI=1S/C12H26N2O3S/c1-5-6-8-18(14,17)9-7-12(13,10(15)16)11(2,3)4/h9H,5-8,13H2,1-4H3,(H2,14,17)(H,15,16)/t12-,18?/m0/s1. The van der Waals surface area contributed by atoms with Crippen molar-refractivity contribution in [3.05, 3.63) is 0 Å². The fourth-order valence-corrected chi connectivity index (χ4v) is 2.89. The zero-order valence-electron chi connectivity index (χ0n) is 11.7. The van der Waals surface area contributed by atoms with E-state index < -0.39 is 26.6 Å². The van der Waals surface area contributed by atoms with Crippen molar-refractivity contribution < 1.29 is 14.1 Å². The fourth-order valence-electron chi connectivity index (χ4n) is 1.44. The highest BCUT2D eigenvalue weighted by Gasteiger charge is 2.44. The highest BCUT2D eigenvalue weighted by molar-refractivity contribution is 7.99. The maximum atomic E-state index is 12.0. The lowest BCUT2D eigenvalue weighted by atomic mass is 9.72. The number of rotatable bonds is 6. The average Bonchev–Trinajstić information content (AvgIpc) is 2.21. The zero-order valence-corrected chi connectivity index (χ0v) is 12.5. The van der Waals surface area contributed by atoms with E-state index in [1.165, 1.54) is 5.37 Å². The molecule has 0 aliphatic carbocycles. The highest BCUT2D eigenvalue weighted by Crippen LogP contribution is 2.30. The Morgan fingerprint density at radius 1 is 1.39 bits per heavy atom. The molecule has 0 saturated carbocycles. The Hall–Kier alpha value is -0.590. The molecule has 0 amide bonds. The van der Waals surface area contributed by atoms with E-state index >= 15 is 0 Å². The van der Waals surface area contributed by atoms with Crippen LogP contribution in [0.15, 0.2) is 0 Å². The summed E-state index contributed by atoms with van der Waals surface area (Å²) in [6.45, 7) is 7.23. The SMILES string of the molecule is CCCCS(N)(=O)=CC[C@](N)(C(=O)O)C(C)(C)C. The number of aliphatic carboxylic acids is 1. The summed E-state index contributed by atoms with van der Waals surface area (Å²) < 4.78 is 12.0. The van der Waals surface area contributed by atoms with Crippen molar-refractivity contribution in [2.24, 2.45) is 16.3 Å². The molecule has 0 saturated heterocycles. The Morgan fingerprint density at radius 2 is 1.89 bits per heavy atom. The summed E-state index contributed by atoms with van der Waals surface area (Å²) in [6.07, 6.45) is 1.66. The van der Waals surface area contributed by atoms with Gasteiger partial charge in [0.05, 0.1) is 0 Å². The van der Waals surface area contributed by atoms with Crippen molar-refractivity contribution in [3.8, 4) is 0 Å². The molecule has 1 unspecified atom stereocenters. The Balaban J connectivity index is 5.11. The molecule has 0 heterocycles. The molecule has 0 aromatic carbocycles. The van der Waals surface area contributed by atoms with Gasteiger partial charge in [0.25, 0.3) is 0 Å². The van der Waals surface area contributed by atoms with E-state index in [1.54, 1.807) is 20.8 Å². The van der Waals surface area contributed by atoms with Crippen LogP contribution in [0.1, 0.15) is 47.0 Å². The quantitative estimate of drug-likeness (QED) is 0.629. The van der Waals surface area contributed by atoms with Crippen LogP contribution >= 0.6 is 0 Å². The third-order valence-corrected chi connectivity index (χ3v) is 4.88. The molecule has 0 aliphatic heterocycles. The van der Waals surface area contributed by atoms with E-state index in [-0.39, 0.29) is 6.42 Å². The van der Waals surface area contributed by atoms with E-state index in [0.717, 1.165) is 12.8 Å². The average molecular weight is 278 g/mol.